The van der Waals surface area contributed by atoms with E-state index in [-0.39, 0.29) is 5.95 Å². The maximum atomic E-state index is 5.67. The number of nitrogen functional groups attached to an aromatic ring is 2. The van der Waals surface area contributed by atoms with Crippen molar-refractivity contribution in [1.82, 2.24) is 9.97 Å². The van der Waals surface area contributed by atoms with Crippen LogP contribution in [-0.4, -0.2) is 33.6 Å². The zero-order valence-corrected chi connectivity index (χ0v) is 10.4. The average Bonchev–Trinajstić information content (AvgIpc) is 2.14. The zero-order valence-electron chi connectivity index (χ0n) is 9.55. The van der Waals surface area contributed by atoms with Crippen molar-refractivity contribution < 1.29 is 0 Å². The molecule has 0 saturated carbocycles. The number of nitrogens with two attached hydrogens (primary N) is 2. The molecule has 0 spiro atoms. The first-order valence-electron chi connectivity index (χ1n) is 5.35. The Kier molecular flexibility index (Phi) is 3.09. The minimum Gasteiger partial charge on any atom is -0.383 e. The summed E-state index contributed by atoms with van der Waals surface area (Å²) in [6.45, 7) is 6.40. The second-order valence-electron chi connectivity index (χ2n) is 4.17. The maximum absolute atomic E-state index is 5.67. The van der Waals surface area contributed by atoms with E-state index < -0.39 is 0 Å². The number of hydrogen-bond acceptors (Lipinski definition) is 6. The van der Waals surface area contributed by atoms with Crippen LogP contribution >= 0.6 is 11.8 Å². The van der Waals surface area contributed by atoms with E-state index in [4.69, 9.17) is 11.5 Å². The summed E-state index contributed by atoms with van der Waals surface area (Å²) in [6, 6.07) is 1.78. The lowest BCUT2D eigenvalue weighted by atomic mass is 10.3. The van der Waals surface area contributed by atoms with E-state index >= 15 is 0 Å². The highest BCUT2D eigenvalue weighted by molar-refractivity contribution is 8.00. The van der Waals surface area contributed by atoms with Gasteiger partial charge in [-0.1, -0.05) is 13.8 Å². The summed E-state index contributed by atoms with van der Waals surface area (Å²) in [7, 11) is 0. The highest BCUT2D eigenvalue weighted by atomic mass is 32.2. The topological polar surface area (TPSA) is 81.1 Å². The van der Waals surface area contributed by atoms with Gasteiger partial charge in [0.2, 0.25) is 5.95 Å². The molecule has 1 aliphatic rings. The van der Waals surface area contributed by atoms with Crippen molar-refractivity contribution >= 4 is 29.3 Å². The molecule has 0 amide bonds. The molecule has 0 aliphatic carbocycles. The van der Waals surface area contributed by atoms with E-state index in [9.17, 15) is 0 Å². The predicted molar refractivity (Wildman–Crippen MR) is 69.6 cm³/mol. The zero-order chi connectivity index (χ0) is 11.7. The Morgan fingerprint density at radius 2 is 1.88 bits per heavy atom. The van der Waals surface area contributed by atoms with E-state index in [1.165, 1.54) is 0 Å². The van der Waals surface area contributed by atoms with E-state index in [1.807, 2.05) is 11.8 Å². The van der Waals surface area contributed by atoms with Gasteiger partial charge >= 0.3 is 0 Å². The maximum Gasteiger partial charge on any atom is 0.223 e. The van der Waals surface area contributed by atoms with E-state index in [2.05, 4.69) is 28.7 Å². The van der Waals surface area contributed by atoms with Crippen LogP contribution in [-0.2, 0) is 0 Å². The Hall–Kier alpha value is -1.17. The fourth-order valence-corrected chi connectivity index (χ4v) is 3.32. The minimum atomic E-state index is 0.244. The van der Waals surface area contributed by atoms with Gasteiger partial charge in [-0.25, -0.2) is 0 Å². The molecular weight excluding hydrogens is 222 g/mol. The Labute approximate surface area is 99.6 Å². The Morgan fingerprint density at radius 3 is 2.44 bits per heavy atom. The molecule has 1 aromatic heterocycles. The monoisotopic (exact) mass is 239 g/mol. The molecule has 0 aromatic carbocycles. The first-order valence-corrected chi connectivity index (χ1v) is 6.29. The second kappa shape index (κ2) is 4.37. The third-order valence-electron chi connectivity index (χ3n) is 2.49. The highest BCUT2D eigenvalue weighted by Gasteiger charge is 2.23. The number of aromatic nitrogens is 2. The highest BCUT2D eigenvalue weighted by Crippen LogP contribution is 2.28. The molecular formula is C10H17N5S. The standard InChI is InChI=1S/C10H17N5S/c1-6-4-15(5-7(2)16-6)9-3-8(11)13-10(12)14-9/h3,6-7H,4-5H2,1-2H3,(H4,11,12,13,14). The molecule has 5 nitrogen and oxygen atoms in total. The van der Waals surface area contributed by atoms with Crippen LogP contribution in [0.15, 0.2) is 6.07 Å². The van der Waals surface area contributed by atoms with Crippen molar-refractivity contribution in [3.05, 3.63) is 6.07 Å². The van der Waals surface area contributed by atoms with E-state index in [0.29, 0.717) is 16.3 Å². The molecule has 16 heavy (non-hydrogen) atoms. The number of thioether (sulfide) groups is 1. The van der Waals surface area contributed by atoms with E-state index in [1.54, 1.807) is 6.07 Å². The lowest BCUT2D eigenvalue weighted by molar-refractivity contribution is 0.718. The lowest BCUT2D eigenvalue weighted by Gasteiger charge is -2.35. The van der Waals surface area contributed by atoms with Crippen LogP contribution in [0.2, 0.25) is 0 Å². The van der Waals surface area contributed by atoms with Gasteiger partial charge in [0.25, 0.3) is 0 Å². The summed E-state index contributed by atoms with van der Waals surface area (Å²) in [4.78, 5) is 10.3. The van der Waals surface area contributed by atoms with Gasteiger partial charge in [0, 0.05) is 29.7 Å². The molecule has 0 radical (unpaired) electrons. The Balaban J connectivity index is 2.22. The van der Waals surface area contributed by atoms with Crippen LogP contribution < -0.4 is 16.4 Å². The summed E-state index contributed by atoms with van der Waals surface area (Å²) in [5, 5.41) is 1.20. The third-order valence-corrected chi connectivity index (χ3v) is 3.72. The molecule has 4 N–H and O–H groups in total. The molecule has 88 valence electrons. The first-order chi connectivity index (χ1) is 7.54. The smallest absolute Gasteiger partial charge is 0.223 e. The van der Waals surface area contributed by atoms with Crippen molar-refractivity contribution in [2.75, 3.05) is 29.5 Å². The first kappa shape index (κ1) is 11.3. The molecule has 0 bridgehead atoms. The predicted octanol–water partition coefficient (Wildman–Crippen LogP) is 0.971. The third kappa shape index (κ3) is 2.49. The summed E-state index contributed by atoms with van der Waals surface area (Å²) in [5.74, 6) is 1.51. The van der Waals surface area contributed by atoms with Crippen molar-refractivity contribution in [2.45, 2.75) is 24.3 Å². The normalized spacial score (nSPS) is 25.8. The van der Waals surface area contributed by atoms with Crippen LogP contribution in [0, 0.1) is 0 Å². The van der Waals surface area contributed by atoms with Crippen LogP contribution in [0.3, 0.4) is 0 Å². The summed E-state index contributed by atoms with van der Waals surface area (Å²) in [5.41, 5.74) is 11.3. The fraction of sp³-hybridized carbons (Fsp3) is 0.600. The van der Waals surface area contributed by atoms with Crippen molar-refractivity contribution in [3.8, 4) is 0 Å². The van der Waals surface area contributed by atoms with Crippen LogP contribution in [0.5, 0.6) is 0 Å². The van der Waals surface area contributed by atoms with Gasteiger partial charge in [-0.15, -0.1) is 0 Å². The summed E-state index contributed by atoms with van der Waals surface area (Å²) in [6.07, 6.45) is 0. The quantitative estimate of drug-likeness (QED) is 0.760. The molecule has 2 unspecified atom stereocenters. The van der Waals surface area contributed by atoms with Gasteiger partial charge in [-0.05, 0) is 0 Å². The van der Waals surface area contributed by atoms with Gasteiger partial charge in [-0.3, -0.25) is 0 Å². The molecule has 1 aliphatic heterocycles. The van der Waals surface area contributed by atoms with Gasteiger partial charge in [0.15, 0.2) is 0 Å². The Bertz CT molecular complexity index is 353. The van der Waals surface area contributed by atoms with Crippen LogP contribution in [0.4, 0.5) is 17.6 Å². The average molecular weight is 239 g/mol. The van der Waals surface area contributed by atoms with Crippen LogP contribution in [0.25, 0.3) is 0 Å². The van der Waals surface area contributed by atoms with E-state index in [0.717, 1.165) is 18.9 Å². The molecule has 1 saturated heterocycles. The lowest BCUT2D eigenvalue weighted by Crippen LogP contribution is -2.41. The molecule has 2 rings (SSSR count). The largest absolute Gasteiger partial charge is 0.383 e. The molecule has 1 fully saturated rings. The minimum absolute atomic E-state index is 0.244. The fourth-order valence-electron chi connectivity index (χ4n) is 2.00. The summed E-state index contributed by atoms with van der Waals surface area (Å²) < 4.78 is 0. The molecule has 1 aromatic rings. The van der Waals surface area contributed by atoms with Gasteiger partial charge in [0.1, 0.15) is 11.6 Å². The number of nitrogens with zero attached hydrogens (tertiary/aromatic N) is 3. The van der Waals surface area contributed by atoms with Gasteiger partial charge < -0.3 is 16.4 Å². The number of hydrogen-bond donors (Lipinski definition) is 2. The van der Waals surface area contributed by atoms with Crippen molar-refractivity contribution in [1.29, 1.82) is 0 Å². The molecule has 6 heteroatoms. The Morgan fingerprint density at radius 1 is 1.25 bits per heavy atom. The molecule has 2 atom stereocenters. The number of rotatable bonds is 1. The van der Waals surface area contributed by atoms with Gasteiger partial charge in [0.05, 0.1) is 0 Å². The SMILES string of the molecule is CC1CN(c2cc(N)nc(N)n2)CC(C)S1. The summed E-state index contributed by atoms with van der Waals surface area (Å²) >= 11 is 2.00. The van der Waals surface area contributed by atoms with Crippen LogP contribution in [0.1, 0.15) is 13.8 Å². The van der Waals surface area contributed by atoms with Crippen molar-refractivity contribution in [2.24, 2.45) is 0 Å². The van der Waals surface area contributed by atoms with Gasteiger partial charge in [-0.2, -0.15) is 21.7 Å². The second-order valence-corrected chi connectivity index (χ2v) is 6.05. The molecule has 2 heterocycles. The number of anilines is 3. The van der Waals surface area contributed by atoms with Crippen molar-refractivity contribution in [3.63, 3.8) is 0 Å².